The number of nitrogens with zero attached hydrogens (tertiary/aromatic N) is 6. The van der Waals surface area contributed by atoms with E-state index in [0.29, 0.717) is 37.6 Å². The quantitative estimate of drug-likeness (QED) is 0.484. The lowest BCUT2D eigenvalue weighted by Crippen LogP contribution is -2.49. The predicted molar refractivity (Wildman–Crippen MR) is 107 cm³/mol. The molecule has 0 atom stereocenters. The third kappa shape index (κ3) is 3.71. The van der Waals surface area contributed by atoms with Gasteiger partial charge in [-0.3, -0.25) is 14.9 Å². The van der Waals surface area contributed by atoms with Gasteiger partial charge in [-0.1, -0.05) is 11.3 Å². The molecule has 0 N–H and O–H groups in total. The number of hydrogen-bond donors (Lipinski definition) is 0. The summed E-state index contributed by atoms with van der Waals surface area (Å²) in [6, 6.07) is 12.3. The van der Waals surface area contributed by atoms with Gasteiger partial charge in [0.05, 0.1) is 16.3 Å². The third-order valence-corrected chi connectivity index (χ3v) is 5.14. The maximum absolute atomic E-state index is 13.1. The van der Waals surface area contributed by atoms with Crippen LogP contribution in [0.4, 0.5) is 15.8 Å². The molecule has 3 aromatic rings. The van der Waals surface area contributed by atoms with Crippen LogP contribution in [-0.2, 0) is 0 Å². The molecule has 30 heavy (non-hydrogen) atoms. The fourth-order valence-electron chi connectivity index (χ4n) is 3.48. The lowest BCUT2D eigenvalue weighted by atomic mass is 10.2. The van der Waals surface area contributed by atoms with Crippen molar-refractivity contribution in [3.8, 4) is 5.69 Å². The molecule has 0 spiro atoms. The van der Waals surface area contributed by atoms with Crippen molar-refractivity contribution in [2.24, 2.45) is 0 Å². The van der Waals surface area contributed by atoms with Gasteiger partial charge < -0.3 is 9.80 Å². The van der Waals surface area contributed by atoms with E-state index in [1.165, 1.54) is 28.9 Å². The molecule has 0 radical (unpaired) electrons. The summed E-state index contributed by atoms with van der Waals surface area (Å²) >= 11 is 0. The second-order valence-corrected chi connectivity index (χ2v) is 6.97. The summed E-state index contributed by atoms with van der Waals surface area (Å²) in [5.74, 6) is -0.516. The van der Waals surface area contributed by atoms with E-state index in [1.807, 2.05) is 0 Å². The van der Waals surface area contributed by atoms with Crippen molar-refractivity contribution in [2.75, 3.05) is 31.1 Å². The van der Waals surface area contributed by atoms with Crippen molar-refractivity contribution in [3.05, 3.63) is 75.9 Å². The lowest BCUT2D eigenvalue weighted by Gasteiger charge is -2.35. The molecule has 0 aliphatic carbocycles. The van der Waals surface area contributed by atoms with Crippen molar-refractivity contribution < 1.29 is 14.1 Å². The number of piperazine rings is 1. The average Bonchev–Trinajstić information content (AvgIpc) is 3.15. The van der Waals surface area contributed by atoms with Crippen LogP contribution in [0.5, 0.6) is 0 Å². The molecule has 0 bridgehead atoms. The summed E-state index contributed by atoms with van der Waals surface area (Å²) in [5.41, 5.74) is 2.05. The number of aromatic nitrogens is 3. The van der Waals surface area contributed by atoms with Crippen LogP contribution in [-0.4, -0.2) is 56.9 Å². The number of hydrogen-bond acceptors (Lipinski definition) is 6. The van der Waals surface area contributed by atoms with Gasteiger partial charge in [0.15, 0.2) is 5.69 Å². The predicted octanol–water partition coefficient (Wildman–Crippen LogP) is 2.59. The van der Waals surface area contributed by atoms with Crippen molar-refractivity contribution >= 4 is 17.3 Å². The van der Waals surface area contributed by atoms with Crippen molar-refractivity contribution in [2.45, 2.75) is 6.92 Å². The number of carbonyl (C=O) groups is 1. The van der Waals surface area contributed by atoms with Gasteiger partial charge in [-0.05, 0) is 37.3 Å². The summed E-state index contributed by atoms with van der Waals surface area (Å²) < 4.78 is 14.5. The van der Waals surface area contributed by atoms with Crippen LogP contribution in [0.25, 0.3) is 5.69 Å². The van der Waals surface area contributed by atoms with Crippen molar-refractivity contribution in [3.63, 3.8) is 0 Å². The maximum Gasteiger partial charge on any atom is 0.276 e. The van der Waals surface area contributed by atoms with E-state index in [0.717, 1.165) is 5.69 Å². The topological polar surface area (TPSA) is 97.4 Å². The highest BCUT2D eigenvalue weighted by atomic mass is 19.1. The van der Waals surface area contributed by atoms with E-state index in [2.05, 4.69) is 15.2 Å². The molecule has 154 valence electrons. The number of non-ortho nitro benzene ring substituents is 1. The fourth-order valence-corrected chi connectivity index (χ4v) is 3.48. The molecule has 4 rings (SSSR count). The zero-order chi connectivity index (χ0) is 21.3. The Bertz CT molecular complexity index is 1090. The van der Waals surface area contributed by atoms with Crippen molar-refractivity contribution in [1.29, 1.82) is 0 Å². The molecule has 0 saturated carbocycles. The minimum absolute atomic E-state index is 0.0628. The average molecular weight is 410 g/mol. The highest BCUT2D eigenvalue weighted by Crippen LogP contribution is 2.21. The molecule has 10 heteroatoms. The number of amides is 1. The first-order valence-electron chi connectivity index (χ1n) is 9.41. The van der Waals surface area contributed by atoms with Gasteiger partial charge in [-0.2, -0.15) is 0 Å². The number of halogens is 1. The maximum atomic E-state index is 13.1. The molecular weight excluding hydrogens is 391 g/mol. The Balaban J connectivity index is 1.48. The van der Waals surface area contributed by atoms with Crippen LogP contribution in [0, 0.1) is 22.9 Å². The molecule has 1 aromatic heterocycles. The second-order valence-electron chi connectivity index (χ2n) is 6.97. The van der Waals surface area contributed by atoms with E-state index in [9.17, 15) is 19.3 Å². The summed E-state index contributed by atoms with van der Waals surface area (Å²) in [6.45, 7) is 3.95. The molecule has 2 heterocycles. The van der Waals surface area contributed by atoms with E-state index in [1.54, 1.807) is 36.1 Å². The molecule has 1 saturated heterocycles. The van der Waals surface area contributed by atoms with Crippen LogP contribution >= 0.6 is 0 Å². The van der Waals surface area contributed by atoms with Gasteiger partial charge >= 0.3 is 0 Å². The van der Waals surface area contributed by atoms with Gasteiger partial charge in [-0.15, -0.1) is 5.10 Å². The fraction of sp³-hybridized carbons (Fsp3) is 0.250. The first kappa shape index (κ1) is 19.5. The second kappa shape index (κ2) is 7.90. The number of nitro benzene ring substituents is 1. The zero-order valence-corrected chi connectivity index (χ0v) is 16.2. The van der Waals surface area contributed by atoms with Crippen LogP contribution < -0.4 is 4.90 Å². The van der Waals surface area contributed by atoms with E-state index in [-0.39, 0.29) is 23.1 Å². The number of rotatable bonds is 4. The standard InChI is InChI=1S/C20H19FN6O3/c1-14-19(22-23-26(14)17-3-2-4-18(13-17)27(29)30)20(28)25-11-9-24(10-12-25)16-7-5-15(21)6-8-16/h2-8,13H,9-12H2,1H3. The molecule has 2 aromatic carbocycles. The van der Waals surface area contributed by atoms with Gasteiger partial charge in [0.2, 0.25) is 0 Å². The lowest BCUT2D eigenvalue weighted by molar-refractivity contribution is -0.384. The molecule has 1 aliphatic heterocycles. The molecule has 9 nitrogen and oxygen atoms in total. The smallest absolute Gasteiger partial charge is 0.276 e. The van der Waals surface area contributed by atoms with Crippen LogP contribution in [0.15, 0.2) is 48.5 Å². The number of anilines is 1. The number of carbonyl (C=O) groups excluding carboxylic acids is 1. The Morgan fingerprint density at radius 1 is 1.07 bits per heavy atom. The van der Waals surface area contributed by atoms with Gasteiger partial charge in [0, 0.05) is 44.0 Å². The first-order valence-corrected chi connectivity index (χ1v) is 9.41. The summed E-state index contributed by atoms with van der Waals surface area (Å²) in [4.78, 5) is 27.3. The Labute approximate surface area is 171 Å². The van der Waals surface area contributed by atoms with E-state index < -0.39 is 4.92 Å². The molecule has 0 unspecified atom stereocenters. The normalized spacial score (nSPS) is 14.1. The molecular formula is C20H19FN6O3. The number of benzene rings is 2. The van der Waals surface area contributed by atoms with Crippen LogP contribution in [0.3, 0.4) is 0 Å². The van der Waals surface area contributed by atoms with E-state index in [4.69, 9.17) is 0 Å². The summed E-state index contributed by atoms with van der Waals surface area (Å²) in [6.07, 6.45) is 0. The van der Waals surface area contributed by atoms with Crippen LogP contribution in [0.1, 0.15) is 16.2 Å². The highest BCUT2D eigenvalue weighted by Gasteiger charge is 2.27. The van der Waals surface area contributed by atoms with Crippen molar-refractivity contribution in [1.82, 2.24) is 19.9 Å². The highest BCUT2D eigenvalue weighted by molar-refractivity contribution is 5.93. The summed E-state index contributed by atoms with van der Waals surface area (Å²) in [7, 11) is 0. The zero-order valence-electron chi connectivity index (χ0n) is 16.2. The van der Waals surface area contributed by atoms with Gasteiger partial charge in [-0.25, -0.2) is 9.07 Å². The molecule has 1 fully saturated rings. The minimum Gasteiger partial charge on any atom is -0.368 e. The molecule has 1 aliphatic rings. The van der Waals surface area contributed by atoms with Gasteiger partial charge in [0.25, 0.3) is 11.6 Å². The Kier molecular flexibility index (Phi) is 5.13. The molecule has 1 amide bonds. The number of nitro groups is 1. The van der Waals surface area contributed by atoms with E-state index >= 15 is 0 Å². The third-order valence-electron chi connectivity index (χ3n) is 5.14. The van der Waals surface area contributed by atoms with Gasteiger partial charge in [0.1, 0.15) is 5.82 Å². The SMILES string of the molecule is Cc1c(C(=O)N2CCN(c3ccc(F)cc3)CC2)nnn1-c1cccc([N+](=O)[O-])c1. The monoisotopic (exact) mass is 410 g/mol. The van der Waals surface area contributed by atoms with Crippen LogP contribution in [0.2, 0.25) is 0 Å². The Morgan fingerprint density at radius 3 is 2.43 bits per heavy atom. The Hall–Kier alpha value is -3.82. The minimum atomic E-state index is -0.484. The largest absolute Gasteiger partial charge is 0.368 e. The summed E-state index contributed by atoms with van der Waals surface area (Å²) in [5, 5.41) is 19.1. The first-order chi connectivity index (χ1) is 14.4. The Morgan fingerprint density at radius 2 is 1.77 bits per heavy atom.